The first kappa shape index (κ1) is 26.2. The minimum Gasteiger partial charge on any atom is -0.484 e. The van der Waals surface area contributed by atoms with E-state index in [2.05, 4.69) is 38.3 Å². The molecule has 2 aromatic carbocycles. The number of anilines is 2. The molecule has 1 aliphatic rings. The van der Waals surface area contributed by atoms with Crippen molar-refractivity contribution < 1.29 is 14.3 Å². The summed E-state index contributed by atoms with van der Waals surface area (Å²) >= 11 is 7.44. The highest BCUT2D eigenvalue weighted by atomic mass is 35.5. The van der Waals surface area contributed by atoms with Gasteiger partial charge in [-0.05, 0) is 78.5 Å². The van der Waals surface area contributed by atoms with Gasteiger partial charge in [0.1, 0.15) is 10.8 Å². The number of nitrogens with one attached hydrogen (secondary N) is 2. The SMILES string of the molecule is CCc1ccccc1NC(=O)c1c(NC(=O)COc2ccc(Cl)cc2)sc2c1CCC(C(C)(C)C)C2. The van der Waals surface area contributed by atoms with E-state index < -0.39 is 0 Å². The second kappa shape index (κ2) is 11.1. The maximum absolute atomic E-state index is 13.6. The molecular weight excluding hydrogens is 492 g/mol. The molecule has 1 aromatic heterocycles. The Balaban J connectivity index is 1.58. The highest BCUT2D eigenvalue weighted by Crippen LogP contribution is 2.44. The Morgan fingerprint density at radius 1 is 1.08 bits per heavy atom. The van der Waals surface area contributed by atoms with Crippen LogP contribution in [-0.2, 0) is 24.1 Å². The predicted molar refractivity (Wildman–Crippen MR) is 149 cm³/mol. The summed E-state index contributed by atoms with van der Waals surface area (Å²) < 4.78 is 5.62. The zero-order valence-electron chi connectivity index (χ0n) is 21.2. The van der Waals surface area contributed by atoms with Crippen molar-refractivity contribution in [3.63, 3.8) is 0 Å². The molecule has 5 nitrogen and oxygen atoms in total. The van der Waals surface area contributed by atoms with Gasteiger partial charge in [-0.2, -0.15) is 0 Å². The van der Waals surface area contributed by atoms with Crippen LogP contribution >= 0.6 is 22.9 Å². The first-order valence-electron chi connectivity index (χ1n) is 12.4. The van der Waals surface area contributed by atoms with Crippen LogP contribution in [0.4, 0.5) is 10.7 Å². The van der Waals surface area contributed by atoms with Crippen molar-refractivity contribution in [3.05, 3.63) is 75.1 Å². The lowest BCUT2D eigenvalue weighted by Gasteiger charge is -2.33. The van der Waals surface area contributed by atoms with Gasteiger partial charge in [-0.3, -0.25) is 9.59 Å². The van der Waals surface area contributed by atoms with Gasteiger partial charge in [0.25, 0.3) is 11.8 Å². The third-order valence-corrected chi connectivity index (χ3v) is 8.22. The minimum atomic E-state index is -0.307. The Bertz CT molecular complexity index is 1240. The first-order chi connectivity index (χ1) is 17.2. The first-order valence-corrected chi connectivity index (χ1v) is 13.6. The largest absolute Gasteiger partial charge is 0.484 e. The summed E-state index contributed by atoms with van der Waals surface area (Å²) in [6, 6.07) is 14.7. The molecule has 2 amide bonds. The van der Waals surface area contributed by atoms with Crippen LogP contribution in [0.5, 0.6) is 5.75 Å². The Labute approximate surface area is 222 Å². The van der Waals surface area contributed by atoms with Crippen LogP contribution in [0.2, 0.25) is 5.02 Å². The third-order valence-electron chi connectivity index (χ3n) is 6.80. The van der Waals surface area contributed by atoms with Crippen molar-refractivity contribution in [1.29, 1.82) is 0 Å². The molecule has 0 aliphatic heterocycles. The number of ether oxygens (including phenoxy) is 1. The van der Waals surface area contributed by atoms with Crippen molar-refractivity contribution in [2.24, 2.45) is 11.3 Å². The predicted octanol–water partition coefficient (Wildman–Crippen LogP) is 7.38. The highest BCUT2D eigenvalue weighted by molar-refractivity contribution is 7.17. The van der Waals surface area contributed by atoms with Crippen LogP contribution in [0, 0.1) is 11.3 Å². The number of aryl methyl sites for hydroxylation is 1. The Morgan fingerprint density at radius 3 is 2.50 bits per heavy atom. The molecular formula is C29H33ClN2O3S. The number of amides is 2. The molecule has 0 saturated carbocycles. The summed E-state index contributed by atoms with van der Waals surface area (Å²) in [4.78, 5) is 27.6. The van der Waals surface area contributed by atoms with Gasteiger partial charge in [-0.1, -0.05) is 57.5 Å². The molecule has 1 atom stereocenters. The Morgan fingerprint density at radius 2 is 1.81 bits per heavy atom. The van der Waals surface area contributed by atoms with Gasteiger partial charge in [0.2, 0.25) is 0 Å². The van der Waals surface area contributed by atoms with Gasteiger partial charge >= 0.3 is 0 Å². The van der Waals surface area contributed by atoms with Crippen molar-refractivity contribution in [1.82, 2.24) is 0 Å². The van der Waals surface area contributed by atoms with Crippen LogP contribution in [0.25, 0.3) is 0 Å². The van der Waals surface area contributed by atoms with Crippen molar-refractivity contribution in [2.75, 3.05) is 17.2 Å². The summed E-state index contributed by atoms with van der Waals surface area (Å²) in [7, 11) is 0. The lowest BCUT2D eigenvalue weighted by Crippen LogP contribution is -2.27. The molecule has 36 heavy (non-hydrogen) atoms. The molecule has 1 unspecified atom stereocenters. The summed E-state index contributed by atoms with van der Waals surface area (Å²) in [5.74, 6) is 0.592. The number of carbonyl (C=O) groups is 2. The maximum Gasteiger partial charge on any atom is 0.262 e. The number of halogens is 1. The summed E-state index contributed by atoms with van der Waals surface area (Å²) in [5.41, 5.74) is 3.69. The standard InChI is InChI=1S/C29H33ClN2O3S/c1-5-18-8-6-7-9-23(18)31-27(34)26-22-15-10-19(29(2,3)4)16-24(22)36-28(26)32-25(33)17-35-21-13-11-20(30)12-14-21/h6-9,11-14,19H,5,10,15-17H2,1-4H3,(H,31,34)(H,32,33). The third kappa shape index (κ3) is 6.11. The topological polar surface area (TPSA) is 67.4 Å². The van der Waals surface area contributed by atoms with E-state index in [1.54, 1.807) is 24.3 Å². The average molecular weight is 525 g/mol. The number of hydrogen-bond acceptors (Lipinski definition) is 4. The number of rotatable bonds is 7. The molecule has 0 saturated heterocycles. The fraction of sp³-hybridized carbons (Fsp3) is 0.379. The van der Waals surface area contributed by atoms with Gasteiger partial charge in [0.05, 0.1) is 5.56 Å². The van der Waals surface area contributed by atoms with Crippen LogP contribution in [0.15, 0.2) is 48.5 Å². The van der Waals surface area contributed by atoms with E-state index in [1.807, 2.05) is 24.3 Å². The lowest BCUT2D eigenvalue weighted by atomic mass is 9.72. The smallest absolute Gasteiger partial charge is 0.262 e. The van der Waals surface area contributed by atoms with Crippen LogP contribution < -0.4 is 15.4 Å². The molecule has 0 bridgehead atoms. The van der Waals surface area contributed by atoms with E-state index in [4.69, 9.17) is 16.3 Å². The number of hydrogen-bond donors (Lipinski definition) is 2. The summed E-state index contributed by atoms with van der Waals surface area (Å²) in [5, 5.41) is 7.26. The van der Waals surface area contributed by atoms with E-state index >= 15 is 0 Å². The molecule has 0 spiro atoms. The van der Waals surface area contributed by atoms with Crippen molar-refractivity contribution in [2.45, 2.75) is 53.4 Å². The summed E-state index contributed by atoms with van der Waals surface area (Å²) in [6.07, 6.45) is 3.57. The quantitative estimate of drug-likeness (QED) is 0.338. The molecule has 2 N–H and O–H groups in total. The summed E-state index contributed by atoms with van der Waals surface area (Å²) in [6.45, 7) is 8.71. The number of thiophene rings is 1. The molecule has 0 radical (unpaired) electrons. The molecule has 7 heteroatoms. The van der Waals surface area contributed by atoms with E-state index in [0.29, 0.717) is 27.3 Å². The van der Waals surface area contributed by atoms with Crippen molar-refractivity contribution in [3.8, 4) is 5.75 Å². The van der Waals surface area contributed by atoms with Gasteiger partial charge in [-0.25, -0.2) is 0 Å². The fourth-order valence-electron chi connectivity index (χ4n) is 4.63. The highest BCUT2D eigenvalue weighted by Gasteiger charge is 2.34. The van der Waals surface area contributed by atoms with Crippen LogP contribution in [0.1, 0.15) is 60.5 Å². The molecule has 4 rings (SSSR count). The second-order valence-electron chi connectivity index (χ2n) is 10.3. The lowest BCUT2D eigenvalue weighted by molar-refractivity contribution is -0.118. The van der Waals surface area contributed by atoms with Crippen LogP contribution in [0.3, 0.4) is 0 Å². The second-order valence-corrected chi connectivity index (χ2v) is 11.8. The molecule has 3 aromatic rings. The number of carbonyl (C=O) groups excluding carboxylic acids is 2. The number of para-hydroxylation sites is 1. The number of benzene rings is 2. The van der Waals surface area contributed by atoms with Gasteiger partial charge in [-0.15, -0.1) is 11.3 Å². The molecule has 0 fully saturated rings. The van der Waals surface area contributed by atoms with E-state index in [-0.39, 0.29) is 23.8 Å². The van der Waals surface area contributed by atoms with E-state index in [0.717, 1.165) is 42.5 Å². The Kier molecular flexibility index (Phi) is 8.06. The Hall–Kier alpha value is -2.83. The zero-order chi connectivity index (χ0) is 25.9. The van der Waals surface area contributed by atoms with Gasteiger partial charge in [0.15, 0.2) is 6.61 Å². The maximum atomic E-state index is 13.6. The van der Waals surface area contributed by atoms with Gasteiger partial charge in [0, 0.05) is 15.6 Å². The van der Waals surface area contributed by atoms with Crippen LogP contribution in [-0.4, -0.2) is 18.4 Å². The molecule has 190 valence electrons. The average Bonchev–Trinajstić information content (AvgIpc) is 3.20. The fourth-order valence-corrected chi connectivity index (χ4v) is 6.10. The monoisotopic (exact) mass is 524 g/mol. The van der Waals surface area contributed by atoms with Gasteiger partial charge < -0.3 is 15.4 Å². The van der Waals surface area contributed by atoms with Crippen molar-refractivity contribution >= 4 is 45.4 Å². The van der Waals surface area contributed by atoms with E-state index in [9.17, 15) is 9.59 Å². The van der Waals surface area contributed by atoms with E-state index in [1.165, 1.54) is 16.2 Å². The minimum absolute atomic E-state index is 0.158. The zero-order valence-corrected chi connectivity index (χ0v) is 22.8. The molecule has 1 heterocycles. The molecule has 1 aliphatic carbocycles. The number of fused-ring (bicyclic) bond motifs is 1. The normalized spacial score (nSPS) is 15.2.